The summed E-state index contributed by atoms with van der Waals surface area (Å²) in [7, 11) is 0. The number of amides is 1. The van der Waals surface area contributed by atoms with Crippen LogP contribution in [0.5, 0.6) is 0 Å². The molecular formula is C18H14FN3O2. The van der Waals surface area contributed by atoms with Gasteiger partial charge in [-0.25, -0.2) is 9.37 Å². The lowest BCUT2D eigenvalue weighted by Gasteiger charge is -2.29. The van der Waals surface area contributed by atoms with E-state index in [1.165, 1.54) is 33.7 Å². The van der Waals surface area contributed by atoms with Gasteiger partial charge in [0.1, 0.15) is 5.82 Å². The van der Waals surface area contributed by atoms with Gasteiger partial charge in [-0.1, -0.05) is 12.1 Å². The summed E-state index contributed by atoms with van der Waals surface area (Å²) in [5.41, 5.74) is 0.784. The summed E-state index contributed by atoms with van der Waals surface area (Å²) in [4.78, 5) is 31.4. The molecule has 2 aromatic carbocycles. The van der Waals surface area contributed by atoms with Gasteiger partial charge in [-0.05, 0) is 42.8 Å². The van der Waals surface area contributed by atoms with Gasteiger partial charge in [0.15, 0.2) is 0 Å². The number of carbonyl (C=O) groups excluding carboxylic acids is 1. The molecule has 1 aliphatic rings. The molecule has 0 atom stereocenters. The Hall–Kier alpha value is -3.02. The third-order valence-corrected chi connectivity index (χ3v) is 4.18. The van der Waals surface area contributed by atoms with E-state index in [1.54, 1.807) is 24.3 Å². The van der Waals surface area contributed by atoms with Crippen molar-refractivity contribution in [3.05, 3.63) is 70.3 Å². The molecule has 0 bridgehead atoms. The zero-order chi connectivity index (χ0) is 16.7. The van der Waals surface area contributed by atoms with Crippen molar-refractivity contribution in [1.82, 2.24) is 9.55 Å². The number of rotatable bonds is 1. The Morgan fingerprint density at radius 3 is 2.58 bits per heavy atom. The van der Waals surface area contributed by atoms with E-state index >= 15 is 0 Å². The Labute approximate surface area is 137 Å². The number of carbonyl (C=O) groups is 1. The minimum Gasteiger partial charge on any atom is -0.278 e. The SMILES string of the molecule is O=C(c1ccc(F)cc1)N1CCCn2c1nc1ccccc1c2=O. The van der Waals surface area contributed by atoms with Crippen LogP contribution >= 0.6 is 0 Å². The van der Waals surface area contributed by atoms with Gasteiger partial charge in [-0.3, -0.25) is 19.1 Å². The second-order valence-electron chi connectivity index (χ2n) is 5.70. The van der Waals surface area contributed by atoms with Crippen LogP contribution in [0.1, 0.15) is 16.8 Å². The molecule has 0 fully saturated rings. The number of halogens is 1. The molecule has 3 aromatic rings. The van der Waals surface area contributed by atoms with Crippen LogP contribution in [0.25, 0.3) is 10.9 Å². The Morgan fingerprint density at radius 2 is 1.79 bits per heavy atom. The smallest absolute Gasteiger partial charge is 0.262 e. The van der Waals surface area contributed by atoms with Gasteiger partial charge in [0.2, 0.25) is 5.95 Å². The number of benzene rings is 2. The first-order valence-electron chi connectivity index (χ1n) is 7.72. The summed E-state index contributed by atoms with van der Waals surface area (Å²) in [6.45, 7) is 1.00. The molecule has 4 rings (SSSR count). The standard InChI is InChI=1S/C18H14FN3O2/c19-13-8-6-12(7-9-13)16(23)21-10-3-11-22-17(24)14-4-1-2-5-15(14)20-18(21)22/h1-2,4-9H,3,10-11H2. The summed E-state index contributed by atoms with van der Waals surface area (Å²) < 4.78 is 14.6. The maximum Gasteiger partial charge on any atom is 0.262 e. The molecule has 0 spiro atoms. The van der Waals surface area contributed by atoms with E-state index in [-0.39, 0.29) is 11.5 Å². The van der Waals surface area contributed by atoms with E-state index in [0.717, 1.165) is 0 Å². The van der Waals surface area contributed by atoms with Gasteiger partial charge >= 0.3 is 0 Å². The largest absolute Gasteiger partial charge is 0.278 e. The Balaban J connectivity index is 1.85. The third-order valence-electron chi connectivity index (χ3n) is 4.18. The van der Waals surface area contributed by atoms with E-state index in [1.807, 2.05) is 0 Å². The van der Waals surface area contributed by atoms with Crippen molar-refractivity contribution >= 4 is 22.8 Å². The van der Waals surface area contributed by atoms with E-state index in [4.69, 9.17) is 0 Å². The molecule has 0 saturated carbocycles. The lowest BCUT2D eigenvalue weighted by molar-refractivity contribution is 0.0980. The van der Waals surface area contributed by atoms with Crippen molar-refractivity contribution in [1.29, 1.82) is 0 Å². The summed E-state index contributed by atoms with van der Waals surface area (Å²) in [6.07, 6.45) is 0.667. The zero-order valence-corrected chi connectivity index (χ0v) is 12.8. The number of para-hydroxylation sites is 1. The molecule has 2 heterocycles. The van der Waals surface area contributed by atoms with Crippen molar-refractivity contribution in [3.63, 3.8) is 0 Å². The molecule has 0 saturated heterocycles. The first-order chi connectivity index (χ1) is 11.6. The highest BCUT2D eigenvalue weighted by Crippen LogP contribution is 2.21. The lowest BCUT2D eigenvalue weighted by atomic mass is 10.1. The van der Waals surface area contributed by atoms with Crippen molar-refractivity contribution in [2.75, 3.05) is 11.4 Å². The maximum absolute atomic E-state index is 13.1. The summed E-state index contributed by atoms with van der Waals surface area (Å²) in [5, 5.41) is 0.539. The Kier molecular flexibility index (Phi) is 3.37. The quantitative estimate of drug-likeness (QED) is 0.692. The van der Waals surface area contributed by atoms with E-state index < -0.39 is 5.82 Å². The maximum atomic E-state index is 13.1. The molecule has 1 aliphatic heterocycles. The lowest BCUT2D eigenvalue weighted by Crippen LogP contribution is -2.42. The molecule has 1 aromatic heterocycles. The number of aromatic nitrogens is 2. The second kappa shape index (κ2) is 5.56. The van der Waals surface area contributed by atoms with Gasteiger partial charge in [0.05, 0.1) is 10.9 Å². The normalized spacial score (nSPS) is 13.8. The van der Waals surface area contributed by atoms with Gasteiger partial charge in [0, 0.05) is 18.7 Å². The van der Waals surface area contributed by atoms with Crippen LogP contribution in [0, 0.1) is 5.82 Å². The van der Waals surface area contributed by atoms with E-state index in [9.17, 15) is 14.0 Å². The first-order valence-corrected chi connectivity index (χ1v) is 7.72. The van der Waals surface area contributed by atoms with Crippen LogP contribution in [-0.2, 0) is 6.54 Å². The van der Waals surface area contributed by atoms with Gasteiger partial charge in [0.25, 0.3) is 11.5 Å². The fourth-order valence-electron chi connectivity index (χ4n) is 2.99. The molecule has 0 N–H and O–H groups in total. The van der Waals surface area contributed by atoms with E-state index in [0.29, 0.717) is 41.9 Å². The van der Waals surface area contributed by atoms with Gasteiger partial charge in [-0.15, -0.1) is 0 Å². The summed E-state index contributed by atoms with van der Waals surface area (Å²) in [5.74, 6) is -0.337. The Bertz CT molecular complexity index is 995. The minimum atomic E-state index is -0.397. The number of hydrogen-bond donors (Lipinski definition) is 0. The summed E-state index contributed by atoms with van der Waals surface area (Å²) in [6, 6.07) is 12.5. The predicted octanol–water partition coefficient (Wildman–Crippen LogP) is 2.59. The molecule has 24 heavy (non-hydrogen) atoms. The van der Waals surface area contributed by atoms with Crippen molar-refractivity contribution in [2.24, 2.45) is 0 Å². The number of anilines is 1. The van der Waals surface area contributed by atoms with Crippen LogP contribution in [-0.4, -0.2) is 22.0 Å². The highest BCUT2D eigenvalue weighted by atomic mass is 19.1. The monoisotopic (exact) mass is 323 g/mol. The number of fused-ring (bicyclic) bond motifs is 2. The molecule has 6 heteroatoms. The van der Waals surface area contributed by atoms with Crippen molar-refractivity contribution < 1.29 is 9.18 Å². The highest BCUT2D eigenvalue weighted by molar-refractivity contribution is 6.05. The van der Waals surface area contributed by atoms with Gasteiger partial charge in [-0.2, -0.15) is 0 Å². The Morgan fingerprint density at radius 1 is 1.04 bits per heavy atom. The van der Waals surface area contributed by atoms with E-state index in [2.05, 4.69) is 4.98 Å². The summed E-state index contributed by atoms with van der Waals surface area (Å²) >= 11 is 0. The zero-order valence-electron chi connectivity index (χ0n) is 12.8. The average Bonchev–Trinajstić information content (AvgIpc) is 2.62. The van der Waals surface area contributed by atoms with Crippen molar-refractivity contribution in [2.45, 2.75) is 13.0 Å². The van der Waals surface area contributed by atoms with Gasteiger partial charge < -0.3 is 0 Å². The molecule has 1 amide bonds. The minimum absolute atomic E-state index is 0.146. The van der Waals surface area contributed by atoms with Crippen LogP contribution in [0.15, 0.2) is 53.3 Å². The van der Waals surface area contributed by atoms with Crippen LogP contribution in [0.3, 0.4) is 0 Å². The molecule has 120 valence electrons. The number of hydrogen-bond acceptors (Lipinski definition) is 3. The van der Waals surface area contributed by atoms with Crippen LogP contribution in [0.4, 0.5) is 10.3 Å². The van der Waals surface area contributed by atoms with Crippen molar-refractivity contribution in [3.8, 4) is 0 Å². The average molecular weight is 323 g/mol. The first kappa shape index (κ1) is 14.6. The number of nitrogens with zero attached hydrogens (tertiary/aromatic N) is 3. The fraction of sp³-hybridized carbons (Fsp3) is 0.167. The molecule has 0 aliphatic carbocycles. The highest BCUT2D eigenvalue weighted by Gasteiger charge is 2.26. The van der Waals surface area contributed by atoms with Crippen LogP contribution < -0.4 is 10.5 Å². The third kappa shape index (κ3) is 2.27. The molecule has 0 radical (unpaired) electrons. The molecular weight excluding hydrogens is 309 g/mol. The topological polar surface area (TPSA) is 55.2 Å². The molecule has 0 unspecified atom stereocenters. The van der Waals surface area contributed by atoms with Crippen LogP contribution in [0.2, 0.25) is 0 Å². The fourth-order valence-corrected chi connectivity index (χ4v) is 2.99. The second-order valence-corrected chi connectivity index (χ2v) is 5.70. The molecule has 5 nitrogen and oxygen atoms in total. The predicted molar refractivity (Wildman–Crippen MR) is 88.7 cm³/mol.